The van der Waals surface area contributed by atoms with Gasteiger partial charge in [-0.3, -0.25) is 9.59 Å². The number of rotatable bonds is 7. The Morgan fingerprint density at radius 3 is 3.07 bits per heavy atom. The molecular weight excluding hydrogens is 350 g/mol. The molecule has 0 aliphatic carbocycles. The van der Waals surface area contributed by atoms with Crippen LogP contribution in [0.25, 0.3) is 0 Å². The Morgan fingerprint density at radius 1 is 1.52 bits per heavy atom. The highest BCUT2D eigenvalue weighted by Gasteiger charge is 2.67. The van der Waals surface area contributed by atoms with E-state index < -0.39 is 17.4 Å². The first-order chi connectivity index (χ1) is 13.0. The molecule has 1 spiro atoms. The average Bonchev–Trinajstić information content (AvgIpc) is 3.40. The van der Waals surface area contributed by atoms with Crippen LogP contribution in [-0.2, 0) is 32.2 Å². The molecule has 2 amide bonds. The fourth-order valence-corrected chi connectivity index (χ4v) is 4.46. The number of carbonyl (C=O) groups excluding carboxylic acids is 2. The Morgan fingerprint density at radius 2 is 2.33 bits per heavy atom. The van der Waals surface area contributed by atoms with Gasteiger partial charge in [0.1, 0.15) is 11.9 Å². The number of likely N-dealkylation sites (tertiary alicyclic amines) is 1. The molecule has 3 aliphatic rings. The molecule has 1 aromatic heterocycles. The summed E-state index contributed by atoms with van der Waals surface area (Å²) in [6.45, 7) is 4.53. The number of hydrogen-bond acceptors (Lipinski definition) is 6. The quantitative estimate of drug-likeness (QED) is 0.607. The lowest BCUT2D eigenvalue weighted by Gasteiger charge is -2.27. The van der Waals surface area contributed by atoms with Gasteiger partial charge in [-0.15, -0.1) is 10.2 Å². The minimum Gasteiger partial charge on any atom is -0.383 e. The molecule has 3 aliphatic heterocycles. The molecule has 0 aromatic carbocycles. The molecule has 9 nitrogen and oxygen atoms in total. The minimum atomic E-state index is -0.680. The maximum Gasteiger partial charge on any atom is 0.230 e. The third-order valence-electron chi connectivity index (χ3n) is 5.82. The van der Waals surface area contributed by atoms with Gasteiger partial charge in [0.25, 0.3) is 0 Å². The van der Waals surface area contributed by atoms with Crippen LogP contribution in [0.4, 0.5) is 0 Å². The van der Waals surface area contributed by atoms with Gasteiger partial charge in [-0.25, -0.2) is 0 Å². The standard InChI is InChI=1S/C18H25N5O4/c1-4-22-11-19-20-13(22)9-21(2)16(24)14-12-5-6-18(27-12)10-23(7-8-26-3)17(25)15(14)18/h5-6,11-12,14-15H,4,7-10H2,1-3H3/t12-,14-,15+,18-/m0/s1. The number of amides is 2. The fourth-order valence-electron chi connectivity index (χ4n) is 4.46. The lowest BCUT2D eigenvalue weighted by atomic mass is 9.76. The van der Waals surface area contributed by atoms with Crippen molar-refractivity contribution in [1.29, 1.82) is 0 Å². The summed E-state index contributed by atoms with van der Waals surface area (Å²) >= 11 is 0. The molecule has 0 unspecified atom stereocenters. The van der Waals surface area contributed by atoms with Crippen molar-refractivity contribution in [2.24, 2.45) is 11.8 Å². The summed E-state index contributed by atoms with van der Waals surface area (Å²) in [7, 11) is 3.35. The zero-order valence-electron chi connectivity index (χ0n) is 15.9. The summed E-state index contributed by atoms with van der Waals surface area (Å²) in [4.78, 5) is 29.6. The smallest absolute Gasteiger partial charge is 0.230 e. The number of nitrogens with zero attached hydrogens (tertiary/aromatic N) is 5. The van der Waals surface area contributed by atoms with Gasteiger partial charge in [-0.2, -0.15) is 0 Å². The summed E-state index contributed by atoms with van der Waals surface area (Å²) in [6, 6.07) is 0. The second-order valence-corrected chi connectivity index (χ2v) is 7.38. The van der Waals surface area contributed by atoms with Crippen LogP contribution >= 0.6 is 0 Å². The zero-order chi connectivity index (χ0) is 19.2. The highest BCUT2D eigenvalue weighted by atomic mass is 16.5. The number of fused-ring (bicyclic) bond motifs is 1. The van der Waals surface area contributed by atoms with Crippen molar-refractivity contribution in [2.45, 2.75) is 31.7 Å². The van der Waals surface area contributed by atoms with Crippen LogP contribution in [0.15, 0.2) is 18.5 Å². The van der Waals surface area contributed by atoms with Gasteiger partial charge in [-0.05, 0) is 6.92 Å². The summed E-state index contributed by atoms with van der Waals surface area (Å²) < 4.78 is 13.1. The summed E-state index contributed by atoms with van der Waals surface area (Å²) in [5.41, 5.74) is -0.680. The summed E-state index contributed by atoms with van der Waals surface area (Å²) in [6.07, 6.45) is 5.20. The van der Waals surface area contributed by atoms with E-state index in [2.05, 4.69) is 10.2 Å². The predicted octanol–water partition coefficient (Wildman–Crippen LogP) is -0.315. The Labute approximate surface area is 157 Å². The summed E-state index contributed by atoms with van der Waals surface area (Å²) in [5.74, 6) is -0.366. The second kappa shape index (κ2) is 6.72. The molecule has 4 rings (SSSR count). The molecule has 2 bridgehead atoms. The van der Waals surface area contributed by atoms with Crippen LogP contribution in [0.1, 0.15) is 12.7 Å². The van der Waals surface area contributed by atoms with Gasteiger partial charge < -0.3 is 23.8 Å². The molecule has 9 heteroatoms. The van der Waals surface area contributed by atoms with Crippen molar-refractivity contribution >= 4 is 11.8 Å². The molecule has 2 fully saturated rings. The number of aryl methyl sites for hydroxylation is 1. The van der Waals surface area contributed by atoms with Gasteiger partial charge in [0.15, 0.2) is 5.82 Å². The van der Waals surface area contributed by atoms with Crippen LogP contribution in [-0.4, -0.2) is 81.9 Å². The second-order valence-electron chi connectivity index (χ2n) is 7.38. The number of ether oxygens (including phenoxy) is 2. The zero-order valence-corrected chi connectivity index (χ0v) is 15.9. The van der Waals surface area contributed by atoms with E-state index in [0.29, 0.717) is 26.2 Å². The van der Waals surface area contributed by atoms with E-state index in [4.69, 9.17) is 9.47 Å². The van der Waals surface area contributed by atoms with Gasteiger partial charge >= 0.3 is 0 Å². The number of hydrogen-bond donors (Lipinski definition) is 0. The van der Waals surface area contributed by atoms with E-state index in [9.17, 15) is 9.59 Å². The van der Waals surface area contributed by atoms with Crippen molar-refractivity contribution in [3.05, 3.63) is 24.3 Å². The first-order valence-electron chi connectivity index (χ1n) is 9.27. The van der Waals surface area contributed by atoms with Crippen LogP contribution < -0.4 is 0 Å². The van der Waals surface area contributed by atoms with Crippen molar-refractivity contribution < 1.29 is 19.1 Å². The maximum atomic E-state index is 13.2. The first-order valence-corrected chi connectivity index (χ1v) is 9.27. The highest BCUT2D eigenvalue weighted by molar-refractivity contribution is 5.92. The Bertz CT molecular complexity index is 778. The lowest BCUT2D eigenvalue weighted by Crippen LogP contribution is -2.44. The molecule has 27 heavy (non-hydrogen) atoms. The van der Waals surface area contributed by atoms with Gasteiger partial charge in [-0.1, -0.05) is 12.2 Å². The van der Waals surface area contributed by atoms with Crippen LogP contribution in [0, 0.1) is 11.8 Å². The van der Waals surface area contributed by atoms with E-state index in [1.54, 1.807) is 30.3 Å². The molecule has 4 heterocycles. The SMILES string of the molecule is CCn1cnnc1CN(C)C(=O)[C@H]1[C@@H]2C=C[C@@]3(CN(CCOC)C(=O)[C@@H]13)O2. The van der Waals surface area contributed by atoms with Crippen molar-refractivity contribution in [3.8, 4) is 0 Å². The van der Waals surface area contributed by atoms with Crippen LogP contribution in [0.5, 0.6) is 0 Å². The Balaban J connectivity index is 1.52. The summed E-state index contributed by atoms with van der Waals surface area (Å²) in [5, 5.41) is 8.00. The predicted molar refractivity (Wildman–Crippen MR) is 94.4 cm³/mol. The normalized spacial score (nSPS) is 31.0. The molecular formula is C18H25N5O4. The monoisotopic (exact) mass is 375 g/mol. The fraction of sp³-hybridized carbons (Fsp3) is 0.667. The molecule has 1 aromatic rings. The van der Waals surface area contributed by atoms with Gasteiger partial charge in [0.05, 0.1) is 37.6 Å². The maximum absolute atomic E-state index is 13.2. The molecule has 0 saturated carbocycles. The van der Waals surface area contributed by atoms with Crippen LogP contribution in [0.3, 0.4) is 0 Å². The number of aromatic nitrogens is 3. The first kappa shape index (κ1) is 18.1. The lowest BCUT2D eigenvalue weighted by molar-refractivity contribution is -0.143. The third-order valence-corrected chi connectivity index (χ3v) is 5.82. The van der Waals surface area contributed by atoms with Crippen molar-refractivity contribution in [3.63, 3.8) is 0 Å². The topological polar surface area (TPSA) is 89.8 Å². The van der Waals surface area contributed by atoms with Crippen LogP contribution in [0.2, 0.25) is 0 Å². The van der Waals surface area contributed by atoms with Crippen molar-refractivity contribution in [1.82, 2.24) is 24.6 Å². The molecule has 0 N–H and O–H groups in total. The average molecular weight is 375 g/mol. The number of methoxy groups -OCH3 is 1. The van der Waals surface area contributed by atoms with E-state index in [1.807, 2.05) is 23.6 Å². The van der Waals surface area contributed by atoms with E-state index in [0.717, 1.165) is 12.4 Å². The molecule has 2 saturated heterocycles. The molecule has 146 valence electrons. The Kier molecular flexibility index (Phi) is 4.51. The highest BCUT2D eigenvalue weighted by Crippen LogP contribution is 2.52. The largest absolute Gasteiger partial charge is 0.383 e. The minimum absolute atomic E-state index is 0.0256. The Hall–Kier alpha value is -2.26. The van der Waals surface area contributed by atoms with Gasteiger partial charge in [0.2, 0.25) is 11.8 Å². The molecule has 4 atom stereocenters. The van der Waals surface area contributed by atoms with Gasteiger partial charge in [0, 0.05) is 27.2 Å². The van der Waals surface area contributed by atoms with E-state index in [1.165, 1.54) is 0 Å². The molecule has 0 radical (unpaired) electrons. The van der Waals surface area contributed by atoms with E-state index in [-0.39, 0.29) is 17.9 Å². The third kappa shape index (κ3) is 2.76. The van der Waals surface area contributed by atoms with Crippen molar-refractivity contribution in [2.75, 3.05) is 33.9 Å². The number of carbonyl (C=O) groups is 2. The van der Waals surface area contributed by atoms with E-state index >= 15 is 0 Å².